The van der Waals surface area contributed by atoms with E-state index in [9.17, 15) is 27.6 Å². The number of nitrogens with zero attached hydrogens (tertiary/aromatic N) is 1. The van der Waals surface area contributed by atoms with Crippen molar-refractivity contribution in [3.8, 4) is 5.69 Å². The van der Waals surface area contributed by atoms with Crippen LogP contribution in [-0.4, -0.2) is 23.6 Å². The second-order valence-corrected chi connectivity index (χ2v) is 6.03. The van der Waals surface area contributed by atoms with Crippen LogP contribution < -0.4 is 17.0 Å². The summed E-state index contributed by atoms with van der Waals surface area (Å²) in [5, 5.41) is -0.00252. The number of halogens is 3. The van der Waals surface area contributed by atoms with E-state index in [1.807, 2.05) is 0 Å². The smallest absolute Gasteiger partial charge is 0.416 e. The second-order valence-electron chi connectivity index (χ2n) is 6.03. The van der Waals surface area contributed by atoms with Crippen molar-refractivity contribution in [3.63, 3.8) is 0 Å². The van der Waals surface area contributed by atoms with E-state index in [1.165, 1.54) is 24.3 Å². The number of hydrogen-bond acceptors (Lipinski definition) is 5. The zero-order valence-corrected chi connectivity index (χ0v) is 14.9. The molecule has 0 aliphatic rings. The van der Waals surface area contributed by atoms with Crippen molar-refractivity contribution in [2.75, 3.05) is 12.8 Å². The van der Waals surface area contributed by atoms with Crippen molar-refractivity contribution in [2.45, 2.75) is 6.18 Å². The Morgan fingerprint density at radius 2 is 1.76 bits per heavy atom. The molecule has 2 aromatic carbocycles. The number of para-hydroxylation sites is 1. The van der Waals surface area contributed by atoms with E-state index >= 15 is 0 Å². The first-order chi connectivity index (χ1) is 13.6. The summed E-state index contributed by atoms with van der Waals surface area (Å²) in [6, 6.07) is 8.08. The molecular formula is C19H14F3N3O4. The van der Waals surface area contributed by atoms with E-state index in [2.05, 4.69) is 4.74 Å². The molecule has 3 aromatic rings. The molecule has 0 fully saturated rings. The van der Waals surface area contributed by atoms with Crippen LogP contribution in [0.3, 0.4) is 0 Å². The monoisotopic (exact) mass is 405 g/mol. The molecule has 0 atom stereocenters. The lowest BCUT2D eigenvalue weighted by atomic mass is 10.0. The van der Waals surface area contributed by atoms with Crippen LogP contribution >= 0.6 is 0 Å². The Labute approximate surface area is 161 Å². The van der Waals surface area contributed by atoms with Gasteiger partial charge in [0.1, 0.15) is 5.56 Å². The maximum atomic E-state index is 13.3. The molecule has 7 nitrogen and oxygen atoms in total. The maximum Gasteiger partial charge on any atom is 0.416 e. The number of primary amides is 1. The number of amides is 1. The van der Waals surface area contributed by atoms with Crippen molar-refractivity contribution in [2.24, 2.45) is 5.73 Å². The van der Waals surface area contributed by atoms with Crippen LogP contribution in [0.15, 0.2) is 47.3 Å². The average molecular weight is 405 g/mol. The lowest BCUT2D eigenvalue weighted by Gasteiger charge is -2.18. The third-order valence-electron chi connectivity index (χ3n) is 4.34. The van der Waals surface area contributed by atoms with Gasteiger partial charge in [-0.1, -0.05) is 18.2 Å². The number of nitrogens with two attached hydrogens (primary N) is 2. The number of fused-ring (bicyclic) bond motifs is 1. The molecule has 0 saturated heterocycles. The molecule has 1 amide bonds. The number of aromatic nitrogens is 1. The molecule has 1 heterocycles. The molecule has 0 radical (unpaired) electrons. The SMILES string of the molecule is COC(=O)c1c(N)c2ccc(C(F)(F)F)cc2n(-c2ccccc2C(N)=O)c1=O. The molecule has 1 aromatic heterocycles. The van der Waals surface area contributed by atoms with Crippen LogP contribution in [0.5, 0.6) is 0 Å². The summed E-state index contributed by atoms with van der Waals surface area (Å²) < 4.78 is 45.1. The first kappa shape index (κ1) is 19.9. The van der Waals surface area contributed by atoms with Crippen molar-refractivity contribution in [1.82, 2.24) is 4.57 Å². The first-order valence-corrected chi connectivity index (χ1v) is 8.11. The predicted molar refractivity (Wildman–Crippen MR) is 98.8 cm³/mol. The standard InChI is InChI=1S/C19H14F3N3O4/c1-29-18(28)14-15(23)10-7-6-9(19(20,21)22)8-13(10)25(17(14)27)12-5-3-2-4-11(12)16(24)26/h2-8H,23H2,1H3,(H2,24,26). The van der Waals surface area contributed by atoms with Gasteiger partial charge in [-0.25, -0.2) is 4.79 Å². The summed E-state index contributed by atoms with van der Waals surface area (Å²) in [4.78, 5) is 37.1. The number of rotatable bonds is 3. The zero-order valence-electron chi connectivity index (χ0n) is 14.9. The van der Waals surface area contributed by atoms with Crippen LogP contribution in [0, 0.1) is 0 Å². The fraction of sp³-hybridized carbons (Fsp3) is 0.105. The van der Waals surface area contributed by atoms with Gasteiger partial charge in [-0.2, -0.15) is 13.2 Å². The molecule has 10 heteroatoms. The van der Waals surface area contributed by atoms with Gasteiger partial charge in [0.15, 0.2) is 0 Å². The van der Waals surface area contributed by atoms with Crippen LogP contribution in [0.1, 0.15) is 26.3 Å². The largest absolute Gasteiger partial charge is 0.465 e. The summed E-state index contributed by atoms with van der Waals surface area (Å²) in [7, 11) is 1.03. The quantitative estimate of drug-likeness (QED) is 0.649. The third-order valence-corrected chi connectivity index (χ3v) is 4.34. The van der Waals surface area contributed by atoms with E-state index in [0.717, 1.165) is 23.8 Å². The number of ether oxygens (including phenoxy) is 1. The summed E-state index contributed by atoms with van der Waals surface area (Å²) in [6.07, 6.45) is -4.70. The van der Waals surface area contributed by atoms with Crippen molar-refractivity contribution in [1.29, 1.82) is 0 Å². The first-order valence-electron chi connectivity index (χ1n) is 8.11. The Bertz CT molecular complexity index is 1220. The Morgan fingerprint density at radius 3 is 2.34 bits per heavy atom. The highest BCUT2D eigenvalue weighted by atomic mass is 19.4. The number of hydrogen-bond donors (Lipinski definition) is 2. The highest BCUT2D eigenvalue weighted by Gasteiger charge is 2.32. The van der Waals surface area contributed by atoms with Crippen LogP contribution in [0.25, 0.3) is 16.6 Å². The highest BCUT2D eigenvalue weighted by molar-refractivity contribution is 6.05. The lowest BCUT2D eigenvalue weighted by molar-refractivity contribution is -0.137. The van der Waals surface area contributed by atoms with Gasteiger partial charge in [0.25, 0.3) is 11.5 Å². The highest BCUT2D eigenvalue weighted by Crippen LogP contribution is 2.34. The molecule has 3 rings (SSSR count). The molecule has 0 spiro atoms. The fourth-order valence-electron chi connectivity index (χ4n) is 3.01. The Balaban J connectivity index is 2.58. The minimum atomic E-state index is -4.70. The Hall–Kier alpha value is -3.82. The molecule has 0 aliphatic heterocycles. The molecule has 29 heavy (non-hydrogen) atoms. The van der Waals surface area contributed by atoms with Gasteiger partial charge in [-0.3, -0.25) is 14.2 Å². The van der Waals surface area contributed by atoms with Gasteiger partial charge in [0.2, 0.25) is 0 Å². The Kier molecular flexibility index (Phi) is 4.79. The maximum absolute atomic E-state index is 13.3. The van der Waals surface area contributed by atoms with Crippen LogP contribution in [0.2, 0.25) is 0 Å². The summed E-state index contributed by atoms with van der Waals surface area (Å²) in [5.74, 6) is -1.98. The lowest BCUT2D eigenvalue weighted by Crippen LogP contribution is -2.30. The number of carbonyl (C=O) groups is 2. The minimum Gasteiger partial charge on any atom is -0.465 e. The van der Waals surface area contributed by atoms with Crippen molar-refractivity contribution in [3.05, 3.63) is 69.5 Å². The van der Waals surface area contributed by atoms with E-state index < -0.39 is 34.7 Å². The molecule has 4 N–H and O–H groups in total. The van der Waals surface area contributed by atoms with Crippen LogP contribution in [-0.2, 0) is 10.9 Å². The van der Waals surface area contributed by atoms with Gasteiger partial charge in [0.05, 0.1) is 35.1 Å². The number of alkyl halides is 3. The molecule has 150 valence electrons. The van der Waals surface area contributed by atoms with Gasteiger partial charge >= 0.3 is 12.1 Å². The summed E-state index contributed by atoms with van der Waals surface area (Å²) >= 11 is 0. The third kappa shape index (κ3) is 3.28. The van der Waals surface area contributed by atoms with Crippen LogP contribution in [0.4, 0.5) is 18.9 Å². The number of benzene rings is 2. The summed E-state index contributed by atoms with van der Waals surface area (Å²) in [6.45, 7) is 0. The van der Waals surface area contributed by atoms with E-state index in [1.54, 1.807) is 0 Å². The average Bonchev–Trinajstić information content (AvgIpc) is 2.67. The topological polar surface area (TPSA) is 117 Å². The van der Waals surface area contributed by atoms with Crippen molar-refractivity contribution >= 4 is 28.5 Å². The Morgan fingerprint density at radius 1 is 1.10 bits per heavy atom. The molecule has 0 unspecified atom stereocenters. The van der Waals surface area contributed by atoms with E-state index in [-0.39, 0.29) is 27.8 Å². The van der Waals surface area contributed by atoms with Gasteiger partial charge in [-0.15, -0.1) is 0 Å². The second kappa shape index (κ2) is 6.97. The minimum absolute atomic E-state index is 0.00252. The number of methoxy groups -OCH3 is 1. The number of carbonyl (C=O) groups excluding carboxylic acids is 2. The number of nitrogen functional groups attached to an aromatic ring is 1. The number of esters is 1. The van der Waals surface area contributed by atoms with Crippen molar-refractivity contribution < 1.29 is 27.5 Å². The number of anilines is 1. The van der Waals surface area contributed by atoms with E-state index in [4.69, 9.17) is 11.5 Å². The summed E-state index contributed by atoms with van der Waals surface area (Å²) in [5.41, 5.74) is 7.79. The molecule has 0 bridgehead atoms. The van der Waals surface area contributed by atoms with E-state index in [0.29, 0.717) is 6.07 Å². The number of pyridine rings is 1. The molecule has 0 aliphatic carbocycles. The van der Waals surface area contributed by atoms with Gasteiger partial charge in [-0.05, 0) is 24.3 Å². The molecule has 0 saturated carbocycles. The fourth-order valence-corrected chi connectivity index (χ4v) is 3.01. The molecular weight excluding hydrogens is 391 g/mol. The van der Waals surface area contributed by atoms with Gasteiger partial charge < -0.3 is 16.2 Å². The normalized spacial score (nSPS) is 11.4. The zero-order chi connectivity index (χ0) is 21.5. The van der Waals surface area contributed by atoms with Gasteiger partial charge in [0, 0.05) is 5.39 Å². The predicted octanol–water partition coefficient (Wildman–Crippen LogP) is 2.48.